The number of ether oxygens (including phenoxy) is 1. The average molecular weight is 318 g/mol. The summed E-state index contributed by atoms with van der Waals surface area (Å²) < 4.78 is 5.73. The van der Waals surface area contributed by atoms with Gasteiger partial charge in [0.05, 0.1) is 13.0 Å². The highest BCUT2D eigenvalue weighted by molar-refractivity contribution is 5.84. The fraction of sp³-hybridized carbons (Fsp3) is 0.579. The molecule has 0 radical (unpaired) electrons. The summed E-state index contributed by atoms with van der Waals surface area (Å²) in [6, 6.07) is 10.2. The van der Waals surface area contributed by atoms with Gasteiger partial charge in [-0.3, -0.25) is 9.59 Å². The van der Waals surface area contributed by atoms with Crippen LogP contribution in [0.3, 0.4) is 0 Å². The minimum atomic E-state index is -0.886. The largest absolute Gasteiger partial charge is 0.481 e. The molecule has 1 aliphatic carbocycles. The summed E-state index contributed by atoms with van der Waals surface area (Å²) >= 11 is 0. The zero-order valence-electron chi connectivity index (χ0n) is 13.6. The first-order chi connectivity index (χ1) is 11.1. The second kappa shape index (κ2) is 9.46. The normalized spacial score (nSPS) is 21.0. The van der Waals surface area contributed by atoms with Gasteiger partial charge in [-0.25, -0.2) is 0 Å². The molecule has 1 saturated carbocycles. The monoisotopic (exact) mass is 318 g/mol. The molecule has 1 N–H and O–H groups in total. The van der Waals surface area contributed by atoms with E-state index in [-0.39, 0.29) is 24.5 Å². The molecule has 0 heterocycles. The number of carboxylic acids is 1. The maximum atomic E-state index is 11.9. The van der Waals surface area contributed by atoms with Crippen LogP contribution in [-0.2, 0) is 20.9 Å². The van der Waals surface area contributed by atoms with Crippen molar-refractivity contribution < 1.29 is 19.4 Å². The Morgan fingerprint density at radius 2 is 1.74 bits per heavy atom. The van der Waals surface area contributed by atoms with Gasteiger partial charge in [-0.05, 0) is 43.6 Å². The molecular weight excluding hydrogens is 292 g/mol. The number of ketones is 1. The van der Waals surface area contributed by atoms with Gasteiger partial charge in [0.15, 0.2) is 0 Å². The molecule has 1 aliphatic rings. The Balaban J connectivity index is 1.57. The SMILES string of the molecule is O=C(O)CCC(=O)C1CCC(CCOCc2ccccc2)CC1. The van der Waals surface area contributed by atoms with Crippen molar-refractivity contribution in [3.05, 3.63) is 35.9 Å². The summed E-state index contributed by atoms with van der Waals surface area (Å²) in [7, 11) is 0. The zero-order chi connectivity index (χ0) is 16.5. The van der Waals surface area contributed by atoms with E-state index in [1.807, 2.05) is 18.2 Å². The second-order valence-electron chi connectivity index (χ2n) is 6.40. The van der Waals surface area contributed by atoms with Crippen LogP contribution in [0.5, 0.6) is 0 Å². The van der Waals surface area contributed by atoms with E-state index < -0.39 is 5.97 Å². The molecular formula is C19H26O4. The summed E-state index contributed by atoms with van der Waals surface area (Å²) in [4.78, 5) is 22.5. The molecule has 2 rings (SSSR count). The highest BCUT2D eigenvalue weighted by atomic mass is 16.5. The van der Waals surface area contributed by atoms with Crippen molar-refractivity contribution >= 4 is 11.8 Å². The van der Waals surface area contributed by atoms with Crippen LogP contribution in [0.1, 0.15) is 50.5 Å². The van der Waals surface area contributed by atoms with E-state index in [0.717, 1.165) is 38.7 Å². The molecule has 1 aromatic rings. The molecule has 0 amide bonds. The van der Waals surface area contributed by atoms with Gasteiger partial charge >= 0.3 is 5.97 Å². The molecule has 0 unspecified atom stereocenters. The molecule has 0 bridgehead atoms. The van der Waals surface area contributed by atoms with E-state index in [1.54, 1.807) is 0 Å². The molecule has 0 atom stereocenters. The lowest BCUT2D eigenvalue weighted by Crippen LogP contribution is -2.23. The quantitative estimate of drug-likeness (QED) is 0.703. The van der Waals surface area contributed by atoms with E-state index in [0.29, 0.717) is 12.5 Å². The number of carbonyl (C=O) groups is 2. The standard InChI is InChI=1S/C19H26O4/c20-18(10-11-19(21)22)17-8-6-15(7-9-17)12-13-23-14-16-4-2-1-3-5-16/h1-5,15,17H,6-14H2,(H,21,22). The Labute approximate surface area is 137 Å². The number of carbonyl (C=O) groups excluding carboxylic acids is 1. The van der Waals surface area contributed by atoms with E-state index in [9.17, 15) is 9.59 Å². The van der Waals surface area contributed by atoms with Gasteiger partial charge in [-0.1, -0.05) is 30.3 Å². The van der Waals surface area contributed by atoms with Gasteiger partial charge < -0.3 is 9.84 Å². The molecule has 1 aromatic carbocycles. The molecule has 4 heteroatoms. The van der Waals surface area contributed by atoms with Crippen molar-refractivity contribution in [2.24, 2.45) is 11.8 Å². The number of rotatable bonds is 9. The lowest BCUT2D eigenvalue weighted by atomic mass is 9.78. The van der Waals surface area contributed by atoms with Crippen molar-refractivity contribution in [2.45, 2.75) is 51.6 Å². The van der Waals surface area contributed by atoms with Crippen LogP contribution >= 0.6 is 0 Å². The topological polar surface area (TPSA) is 63.6 Å². The summed E-state index contributed by atoms with van der Waals surface area (Å²) in [5.41, 5.74) is 1.19. The second-order valence-corrected chi connectivity index (χ2v) is 6.40. The highest BCUT2D eigenvalue weighted by Gasteiger charge is 2.26. The molecule has 1 fully saturated rings. The van der Waals surface area contributed by atoms with Crippen LogP contribution in [-0.4, -0.2) is 23.5 Å². The zero-order valence-corrected chi connectivity index (χ0v) is 13.6. The fourth-order valence-electron chi connectivity index (χ4n) is 3.22. The number of aliphatic carboxylic acids is 1. The van der Waals surface area contributed by atoms with Crippen LogP contribution in [0.4, 0.5) is 0 Å². The van der Waals surface area contributed by atoms with E-state index in [2.05, 4.69) is 12.1 Å². The summed E-state index contributed by atoms with van der Waals surface area (Å²) in [5, 5.41) is 8.64. The lowest BCUT2D eigenvalue weighted by Gasteiger charge is -2.27. The Kier molecular flexibility index (Phi) is 7.27. The molecule has 0 spiro atoms. The minimum absolute atomic E-state index is 0.0356. The first-order valence-corrected chi connectivity index (χ1v) is 8.51. The average Bonchev–Trinajstić information content (AvgIpc) is 2.58. The van der Waals surface area contributed by atoms with Gasteiger partial charge in [-0.2, -0.15) is 0 Å². The third-order valence-corrected chi connectivity index (χ3v) is 4.67. The van der Waals surface area contributed by atoms with Crippen LogP contribution in [0.2, 0.25) is 0 Å². The number of carboxylic acid groups (broad SMARTS) is 1. The van der Waals surface area contributed by atoms with Gasteiger partial charge in [0, 0.05) is 18.9 Å². The van der Waals surface area contributed by atoms with Crippen LogP contribution in [0.15, 0.2) is 30.3 Å². The highest BCUT2D eigenvalue weighted by Crippen LogP contribution is 2.32. The van der Waals surface area contributed by atoms with Crippen molar-refractivity contribution in [3.63, 3.8) is 0 Å². The Morgan fingerprint density at radius 1 is 1.04 bits per heavy atom. The van der Waals surface area contributed by atoms with E-state index in [1.165, 1.54) is 5.56 Å². The van der Waals surface area contributed by atoms with Crippen molar-refractivity contribution in [1.29, 1.82) is 0 Å². The molecule has 4 nitrogen and oxygen atoms in total. The van der Waals surface area contributed by atoms with Crippen molar-refractivity contribution in [2.75, 3.05) is 6.61 Å². The van der Waals surface area contributed by atoms with Gasteiger partial charge in [0.2, 0.25) is 0 Å². The third-order valence-electron chi connectivity index (χ3n) is 4.67. The Morgan fingerprint density at radius 3 is 2.39 bits per heavy atom. The molecule has 0 aliphatic heterocycles. The van der Waals surface area contributed by atoms with E-state index >= 15 is 0 Å². The van der Waals surface area contributed by atoms with Crippen molar-refractivity contribution in [3.8, 4) is 0 Å². The van der Waals surface area contributed by atoms with Gasteiger partial charge in [0.25, 0.3) is 0 Å². The summed E-state index contributed by atoms with van der Waals surface area (Å²) in [5.74, 6) is -0.0427. The van der Waals surface area contributed by atoms with Crippen LogP contribution < -0.4 is 0 Å². The van der Waals surface area contributed by atoms with E-state index in [4.69, 9.17) is 9.84 Å². The number of hydrogen-bond acceptors (Lipinski definition) is 3. The van der Waals surface area contributed by atoms with Crippen LogP contribution in [0, 0.1) is 11.8 Å². The Hall–Kier alpha value is -1.68. The summed E-state index contributed by atoms with van der Waals surface area (Å²) in [6.07, 6.45) is 5.11. The Bertz CT molecular complexity index is 489. The molecule has 126 valence electrons. The maximum absolute atomic E-state index is 11.9. The predicted molar refractivity (Wildman–Crippen MR) is 88.0 cm³/mol. The smallest absolute Gasteiger partial charge is 0.303 e. The van der Waals surface area contributed by atoms with Gasteiger partial charge in [0.1, 0.15) is 5.78 Å². The molecule has 0 saturated heterocycles. The number of Topliss-reactive ketones (excluding diaryl/α,β-unsaturated/α-hetero) is 1. The number of hydrogen-bond donors (Lipinski definition) is 1. The number of benzene rings is 1. The predicted octanol–water partition coefficient (Wildman–Crippen LogP) is 3.83. The first-order valence-electron chi connectivity index (χ1n) is 8.51. The lowest BCUT2D eigenvalue weighted by molar-refractivity contribution is -0.139. The maximum Gasteiger partial charge on any atom is 0.303 e. The minimum Gasteiger partial charge on any atom is -0.481 e. The van der Waals surface area contributed by atoms with Crippen molar-refractivity contribution in [1.82, 2.24) is 0 Å². The summed E-state index contributed by atoms with van der Waals surface area (Å²) in [6.45, 7) is 1.42. The first kappa shape index (κ1) is 17.7. The molecule has 0 aromatic heterocycles. The fourth-order valence-corrected chi connectivity index (χ4v) is 3.22. The third kappa shape index (κ3) is 6.53. The van der Waals surface area contributed by atoms with Crippen LogP contribution in [0.25, 0.3) is 0 Å². The van der Waals surface area contributed by atoms with Gasteiger partial charge in [-0.15, -0.1) is 0 Å². The molecule has 23 heavy (non-hydrogen) atoms.